The molecule has 0 amide bonds. The van der Waals surface area contributed by atoms with E-state index in [1.165, 1.54) is 11.1 Å². The number of halogens is 6. The third-order valence-electron chi connectivity index (χ3n) is 3.88. The summed E-state index contributed by atoms with van der Waals surface area (Å²) in [4.78, 5) is 5.53. The van der Waals surface area contributed by atoms with Crippen LogP contribution in [0, 0.1) is 11.8 Å². The molecule has 0 aromatic heterocycles. The van der Waals surface area contributed by atoms with Gasteiger partial charge in [-0.3, -0.25) is 0 Å². The van der Waals surface area contributed by atoms with Gasteiger partial charge in [0.05, 0.1) is 6.20 Å². The second-order valence-corrected chi connectivity index (χ2v) is 12.8. The first kappa shape index (κ1) is 25.6. The molecule has 0 saturated carbocycles. The van der Waals surface area contributed by atoms with Gasteiger partial charge in [0.25, 0.3) is 0 Å². The first-order valence-corrected chi connectivity index (χ1v) is 14.8. The van der Waals surface area contributed by atoms with E-state index in [9.17, 15) is 16.9 Å². The number of aliphatic imine (C=N–C) groups is 1. The number of nitrogens with zero attached hydrogens (tertiary/aromatic N) is 1. The van der Waals surface area contributed by atoms with Gasteiger partial charge in [-0.1, -0.05) is 58.0 Å². The van der Waals surface area contributed by atoms with Gasteiger partial charge in [0.2, 0.25) is 0 Å². The Balaban J connectivity index is 0.000000516. The molecule has 3 nitrogen and oxygen atoms in total. The van der Waals surface area contributed by atoms with E-state index in [0.29, 0.717) is 11.8 Å². The number of benzene rings is 1. The number of quaternary nitrogens is 1. The van der Waals surface area contributed by atoms with Crippen LogP contribution in [0.25, 0.3) is 0 Å². The van der Waals surface area contributed by atoms with Crippen molar-refractivity contribution in [2.45, 2.75) is 41.2 Å². The average Bonchev–Trinajstić information content (AvgIpc) is 2.91. The Bertz CT molecular complexity index is 763. The van der Waals surface area contributed by atoms with Gasteiger partial charge in [0.15, 0.2) is 0 Å². The monoisotopic (exact) mass is 534 g/mol. The van der Waals surface area contributed by atoms with Crippen LogP contribution in [0.5, 0.6) is 0 Å². The zero-order valence-electron chi connectivity index (χ0n) is 17.0. The van der Waals surface area contributed by atoms with Crippen LogP contribution in [-0.2, 0) is 11.3 Å². The van der Waals surface area contributed by atoms with Crippen LogP contribution in [0.3, 0.4) is 0 Å². The predicted octanol–water partition coefficient (Wildman–Crippen LogP) is 5.66. The summed E-state index contributed by atoms with van der Waals surface area (Å²) >= 11 is -11.2. The van der Waals surface area contributed by atoms with Crippen molar-refractivity contribution in [2.24, 2.45) is 16.8 Å². The summed E-state index contributed by atoms with van der Waals surface area (Å²) in [5.74, 6) is 1.94. The molecule has 0 saturated heterocycles. The Morgan fingerprint density at radius 2 is 1.45 bits per heavy atom. The van der Waals surface area contributed by atoms with Crippen LogP contribution in [0.1, 0.15) is 40.2 Å². The normalized spacial score (nSPS) is 18.5. The van der Waals surface area contributed by atoms with Crippen LogP contribution < -0.4 is 4.90 Å². The van der Waals surface area contributed by atoms with Crippen molar-refractivity contribution < 1.29 is 26.5 Å². The molecular formula is C19H27F6N2OSb. The quantitative estimate of drug-likeness (QED) is 0.294. The number of rotatable bonds is 5. The summed E-state index contributed by atoms with van der Waals surface area (Å²) in [6.45, 7) is 11.8. The SMILES string of the molecule is CC(OC1=NC=C[NH+]1Cc1ccccc1)=C(C(C)C)C(C)C.[F][Sb-]([F])([F])([F])([F])[F]. The van der Waals surface area contributed by atoms with Gasteiger partial charge in [-0.2, -0.15) is 4.99 Å². The van der Waals surface area contributed by atoms with E-state index in [1.54, 1.807) is 0 Å². The molecule has 10 heteroatoms. The molecule has 1 N–H and O–H groups in total. The molecule has 0 aliphatic carbocycles. The second kappa shape index (κ2) is 8.72. The van der Waals surface area contributed by atoms with E-state index in [4.69, 9.17) is 4.74 Å². The molecule has 1 aliphatic heterocycles. The molecule has 1 aromatic carbocycles. The number of hydrogen-bond acceptors (Lipinski definition) is 2. The Labute approximate surface area is 169 Å². The molecular weight excluding hydrogens is 508 g/mol. The van der Waals surface area contributed by atoms with E-state index >= 15 is 0 Å². The molecule has 0 spiro atoms. The molecule has 0 fully saturated rings. The van der Waals surface area contributed by atoms with Crippen molar-refractivity contribution >= 4 is 25.5 Å². The molecule has 166 valence electrons. The second-order valence-electron chi connectivity index (χ2n) is 7.32. The molecule has 29 heavy (non-hydrogen) atoms. The fourth-order valence-electron chi connectivity index (χ4n) is 3.08. The van der Waals surface area contributed by atoms with Gasteiger partial charge in [-0.25, -0.2) is 4.90 Å². The minimum atomic E-state index is -11.2. The number of allylic oxidation sites excluding steroid dienone is 2. The van der Waals surface area contributed by atoms with E-state index in [2.05, 4.69) is 63.9 Å². The first-order valence-electron chi connectivity index (χ1n) is 9.03. The number of ether oxygens (including phenoxy) is 1. The van der Waals surface area contributed by atoms with Crippen molar-refractivity contribution in [1.82, 2.24) is 0 Å². The van der Waals surface area contributed by atoms with Gasteiger partial charge in [-0.15, -0.1) is 0 Å². The fourth-order valence-corrected chi connectivity index (χ4v) is 3.08. The van der Waals surface area contributed by atoms with E-state index in [-0.39, 0.29) is 0 Å². The number of amidine groups is 1. The van der Waals surface area contributed by atoms with E-state index in [1.807, 2.05) is 18.5 Å². The zero-order valence-corrected chi connectivity index (χ0v) is 19.5. The molecule has 1 heterocycles. The third-order valence-corrected chi connectivity index (χ3v) is 3.88. The number of nitrogens with one attached hydrogen (secondary N) is 1. The summed E-state index contributed by atoms with van der Waals surface area (Å²) in [7, 11) is 0. The van der Waals surface area contributed by atoms with Crippen molar-refractivity contribution in [1.29, 1.82) is 0 Å². The van der Waals surface area contributed by atoms with Crippen LogP contribution in [0.2, 0.25) is 0 Å². The van der Waals surface area contributed by atoms with E-state index in [0.717, 1.165) is 23.2 Å². The zero-order chi connectivity index (χ0) is 22.5. The van der Waals surface area contributed by atoms with Crippen LogP contribution >= 0.6 is 0 Å². The Morgan fingerprint density at radius 1 is 0.966 bits per heavy atom. The molecule has 1 aliphatic rings. The van der Waals surface area contributed by atoms with Gasteiger partial charge in [0, 0.05) is 5.56 Å². The standard InChI is InChI=1S/C19H26N2O.6FH.Sb/c1-14(2)18(15(3)4)16(5)22-19-20-11-12-21(19)13-17-9-7-6-8-10-17;;;;;;;/h6-12,14-15H,13H2,1-5H3;6*1H;/q;;;;;;;+5/p-5. The molecule has 1 unspecified atom stereocenters. The molecule has 2 rings (SSSR count). The van der Waals surface area contributed by atoms with Gasteiger partial charge >= 0.3 is 42.4 Å². The molecule has 0 radical (unpaired) electrons. The predicted molar refractivity (Wildman–Crippen MR) is 104 cm³/mol. The average molecular weight is 535 g/mol. The summed E-state index contributed by atoms with van der Waals surface area (Å²) < 4.78 is 65.7. The minimum absolute atomic E-state index is 0.479. The van der Waals surface area contributed by atoms with Gasteiger partial charge in [-0.05, 0) is 24.3 Å². The topological polar surface area (TPSA) is 26.0 Å². The van der Waals surface area contributed by atoms with Crippen molar-refractivity contribution in [3.8, 4) is 0 Å². The summed E-state index contributed by atoms with van der Waals surface area (Å²) in [5, 5.41) is 0. The Kier molecular flexibility index (Phi) is 7.69. The summed E-state index contributed by atoms with van der Waals surface area (Å²) in [6, 6.07) is 11.2. The fraction of sp³-hybridized carbons (Fsp3) is 0.421. The first-order chi connectivity index (χ1) is 12.9. The molecule has 1 atom stereocenters. The molecule has 0 bridgehead atoms. The van der Waals surface area contributed by atoms with Crippen molar-refractivity contribution in [2.75, 3.05) is 0 Å². The Morgan fingerprint density at radius 3 is 1.90 bits per heavy atom. The summed E-state index contributed by atoms with van der Waals surface area (Å²) in [6.07, 6.45) is 3.87. The Hall–Kier alpha value is -1.47. The van der Waals surface area contributed by atoms with Gasteiger partial charge < -0.3 is 4.74 Å². The van der Waals surface area contributed by atoms with Crippen molar-refractivity contribution in [3.63, 3.8) is 0 Å². The number of hydrogen-bond donors (Lipinski definition) is 1. The van der Waals surface area contributed by atoms with E-state index < -0.39 is 19.5 Å². The van der Waals surface area contributed by atoms with Crippen LogP contribution in [0.15, 0.2) is 59.1 Å². The van der Waals surface area contributed by atoms with Gasteiger partial charge in [0.1, 0.15) is 18.5 Å². The van der Waals surface area contributed by atoms with Crippen molar-refractivity contribution in [3.05, 3.63) is 59.6 Å². The van der Waals surface area contributed by atoms with Crippen LogP contribution in [-0.4, -0.2) is 25.5 Å². The molecule has 1 aromatic rings. The van der Waals surface area contributed by atoms with Crippen LogP contribution in [0.4, 0.5) is 16.9 Å². The maximum absolute atomic E-state index is 11.2. The summed E-state index contributed by atoms with van der Waals surface area (Å²) in [5.41, 5.74) is 2.63. The maximum atomic E-state index is 9.93. The third kappa shape index (κ3) is 12.0.